The summed E-state index contributed by atoms with van der Waals surface area (Å²) in [5.74, 6) is 0.911. The molecule has 0 fully saturated rings. The number of rotatable bonds is 5. The van der Waals surface area contributed by atoms with E-state index in [1.54, 1.807) is 0 Å². The summed E-state index contributed by atoms with van der Waals surface area (Å²) in [4.78, 5) is 0. The molecular weight excluding hydrogens is 614 g/mol. The molecule has 0 spiro atoms. The first kappa shape index (κ1) is 38.4. The van der Waals surface area contributed by atoms with E-state index in [1.807, 2.05) is 109 Å². The number of benzene rings is 4. The second-order valence-corrected chi connectivity index (χ2v) is 11.6. The van der Waals surface area contributed by atoms with Gasteiger partial charge >= 0.3 is 26.2 Å². The molecule has 5 aromatic rings. The summed E-state index contributed by atoms with van der Waals surface area (Å²) in [7, 11) is 1.95. The van der Waals surface area contributed by atoms with E-state index in [4.69, 9.17) is 5.32 Å². The van der Waals surface area contributed by atoms with Gasteiger partial charge in [-0.25, -0.2) is 0 Å². The minimum Gasteiger partial charge on any atom is -0.674 e. The largest absolute Gasteiger partial charge is 3.00 e. The predicted octanol–water partition coefficient (Wildman–Crippen LogP) is 11.2. The van der Waals surface area contributed by atoms with E-state index in [1.165, 1.54) is 11.1 Å². The van der Waals surface area contributed by atoms with E-state index in [0.29, 0.717) is 11.8 Å². The predicted molar refractivity (Wildman–Crippen MR) is 187 cm³/mol. The molecule has 3 nitrogen and oxygen atoms in total. The Labute approximate surface area is 287 Å². The zero-order valence-corrected chi connectivity index (χ0v) is 30.1. The van der Waals surface area contributed by atoms with Crippen molar-refractivity contribution < 1.29 is 26.2 Å². The summed E-state index contributed by atoms with van der Waals surface area (Å²) < 4.78 is 1.84. The molecular formula is C40H49N3Zr-. The molecule has 229 valence electrons. The van der Waals surface area contributed by atoms with Crippen molar-refractivity contribution in [3.8, 4) is 0 Å². The Morgan fingerprint density at radius 2 is 0.955 bits per heavy atom. The molecule has 0 bridgehead atoms. The van der Waals surface area contributed by atoms with Gasteiger partial charge in [0.15, 0.2) is 0 Å². The van der Waals surface area contributed by atoms with Crippen molar-refractivity contribution in [3.63, 3.8) is 0 Å². The third-order valence-corrected chi connectivity index (χ3v) is 6.60. The number of hydrogen-bond donors (Lipinski definition) is 0. The fourth-order valence-electron chi connectivity index (χ4n) is 4.15. The van der Waals surface area contributed by atoms with E-state index in [-0.39, 0.29) is 31.7 Å². The van der Waals surface area contributed by atoms with Crippen LogP contribution in [0.25, 0.3) is 5.32 Å². The van der Waals surface area contributed by atoms with Crippen molar-refractivity contribution in [2.24, 2.45) is 7.05 Å². The summed E-state index contributed by atoms with van der Waals surface area (Å²) in [6, 6.07) is 38.2. The van der Waals surface area contributed by atoms with Gasteiger partial charge in [0.05, 0.1) is 5.69 Å². The number of aromatic nitrogens is 2. The van der Waals surface area contributed by atoms with E-state index in [9.17, 15) is 0 Å². The van der Waals surface area contributed by atoms with E-state index in [0.717, 1.165) is 28.1 Å². The van der Waals surface area contributed by atoms with Crippen molar-refractivity contribution in [2.75, 3.05) is 0 Å². The maximum Gasteiger partial charge on any atom is 3.00 e. The summed E-state index contributed by atoms with van der Waals surface area (Å²) in [5, 5.41) is 9.69. The van der Waals surface area contributed by atoms with Crippen LogP contribution in [0.15, 0.2) is 121 Å². The van der Waals surface area contributed by atoms with E-state index in [2.05, 4.69) is 91.7 Å². The van der Waals surface area contributed by atoms with Gasteiger partial charge in [-0.1, -0.05) is 94.6 Å². The number of para-hydroxylation sites is 1. The van der Waals surface area contributed by atoms with E-state index < -0.39 is 0 Å². The van der Waals surface area contributed by atoms with Gasteiger partial charge in [-0.05, 0) is 17.9 Å². The van der Waals surface area contributed by atoms with Crippen molar-refractivity contribution in [3.05, 3.63) is 181 Å². The SMILES string of the molecule is CC(C)c1cccc(C(C)C)c1[N-]C(C)(C)c1ccn(C)n1.[CH2-]c1ccccc1.[CH2-]c1ccccc1.[CH2-]c1ccccc1.[Zr+3]. The van der Waals surface area contributed by atoms with Crippen LogP contribution >= 0.6 is 0 Å². The van der Waals surface area contributed by atoms with Crippen molar-refractivity contribution in [1.29, 1.82) is 0 Å². The molecule has 0 aliphatic rings. The second kappa shape index (κ2) is 19.6. The third kappa shape index (κ3) is 13.8. The summed E-state index contributed by atoms with van der Waals surface area (Å²) >= 11 is 0. The van der Waals surface area contributed by atoms with Crippen LogP contribution in [0.5, 0.6) is 0 Å². The van der Waals surface area contributed by atoms with Gasteiger partial charge in [-0.15, -0.1) is 42.1 Å². The second-order valence-electron chi connectivity index (χ2n) is 11.6. The van der Waals surface area contributed by atoms with Crippen molar-refractivity contribution in [1.82, 2.24) is 9.78 Å². The van der Waals surface area contributed by atoms with Gasteiger partial charge in [0.1, 0.15) is 0 Å². The molecule has 1 radical (unpaired) electrons. The summed E-state index contributed by atoms with van der Waals surface area (Å²) in [6.07, 6.45) is 1.98. The molecule has 1 aromatic heterocycles. The maximum atomic E-state index is 5.14. The monoisotopic (exact) mass is 661 g/mol. The Morgan fingerprint density at radius 3 is 1.20 bits per heavy atom. The van der Waals surface area contributed by atoms with Crippen LogP contribution in [0.3, 0.4) is 0 Å². The maximum absolute atomic E-state index is 5.14. The molecule has 0 unspecified atom stereocenters. The van der Waals surface area contributed by atoms with Gasteiger partial charge in [-0.2, -0.15) is 79.0 Å². The first-order valence-electron chi connectivity index (χ1n) is 14.9. The topological polar surface area (TPSA) is 31.9 Å². The zero-order chi connectivity index (χ0) is 31.8. The molecule has 0 saturated heterocycles. The molecule has 0 saturated carbocycles. The minimum absolute atomic E-state index is 0. The molecule has 0 aliphatic heterocycles. The van der Waals surface area contributed by atoms with E-state index >= 15 is 0 Å². The van der Waals surface area contributed by atoms with Crippen LogP contribution in [0, 0.1) is 20.8 Å². The number of aryl methyl sites for hydroxylation is 1. The Balaban J connectivity index is 0.000000355. The smallest absolute Gasteiger partial charge is 0.674 e. The normalized spacial score (nSPS) is 10.2. The van der Waals surface area contributed by atoms with Crippen LogP contribution in [0.4, 0.5) is 5.69 Å². The fourth-order valence-corrected chi connectivity index (χ4v) is 4.15. The molecule has 0 amide bonds. The Bertz CT molecular complexity index is 1320. The van der Waals surface area contributed by atoms with Gasteiger partial charge in [0.2, 0.25) is 0 Å². The zero-order valence-electron chi connectivity index (χ0n) is 27.7. The average molecular weight is 663 g/mol. The van der Waals surface area contributed by atoms with Crippen molar-refractivity contribution in [2.45, 2.75) is 58.9 Å². The molecule has 0 N–H and O–H groups in total. The number of hydrogen-bond acceptors (Lipinski definition) is 1. The standard InChI is InChI=1S/C19H28N3.3C7H7.Zr/c1-13(2)15-9-8-10-16(14(3)4)18(15)20-19(5,6)17-11-12-22(7)21-17;3*1-7-5-3-2-4-6-7;/h8-14H,1-7H3;3*2-6H,1H2;/q4*-1;+3. The Kier molecular flexibility index (Phi) is 17.1. The van der Waals surface area contributed by atoms with Crippen LogP contribution in [-0.4, -0.2) is 9.78 Å². The van der Waals surface area contributed by atoms with Crippen LogP contribution in [-0.2, 0) is 38.8 Å². The van der Waals surface area contributed by atoms with Crippen LogP contribution in [0.1, 0.15) is 86.9 Å². The van der Waals surface area contributed by atoms with Gasteiger partial charge in [0, 0.05) is 13.2 Å². The Hall–Kier alpha value is -3.62. The molecule has 4 aromatic carbocycles. The number of nitrogens with zero attached hydrogens (tertiary/aromatic N) is 3. The molecule has 5 rings (SSSR count). The summed E-state index contributed by atoms with van der Waals surface area (Å²) in [6.45, 7) is 24.3. The van der Waals surface area contributed by atoms with Gasteiger partial charge in [0.25, 0.3) is 0 Å². The molecule has 4 heteroatoms. The summed E-state index contributed by atoms with van der Waals surface area (Å²) in [5.41, 5.74) is 7.65. The molecule has 44 heavy (non-hydrogen) atoms. The fraction of sp³-hybridized carbons (Fsp3) is 0.250. The first-order valence-corrected chi connectivity index (χ1v) is 14.9. The average Bonchev–Trinajstić information content (AvgIpc) is 3.42. The van der Waals surface area contributed by atoms with Gasteiger partial charge < -0.3 is 5.32 Å². The first-order chi connectivity index (χ1) is 20.4. The molecule has 0 aliphatic carbocycles. The van der Waals surface area contributed by atoms with Crippen LogP contribution < -0.4 is 0 Å². The third-order valence-electron chi connectivity index (χ3n) is 6.60. The quantitative estimate of drug-likeness (QED) is 0.172. The Morgan fingerprint density at radius 1 is 0.591 bits per heavy atom. The molecule has 1 heterocycles. The molecule has 0 atom stereocenters. The van der Waals surface area contributed by atoms with Crippen molar-refractivity contribution >= 4 is 5.69 Å². The minimum atomic E-state index is -0.337. The van der Waals surface area contributed by atoms with Crippen LogP contribution in [0.2, 0.25) is 0 Å². The van der Waals surface area contributed by atoms with Gasteiger partial charge in [-0.3, -0.25) is 4.68 Å².